The topological polar surface area (TPSA) is 41.4 Å². The molecule has 1 aliphatic heterocycles. The molecule has 1 amide bonds. The SMILES string of the molecule is CN(C)C(=O)C1(n2cccn2)CCCN(Cc2ccc(F)cc2)C1. The fraction of sp³-hybridized carbons (Fsp3) is 0.444. The minimum atomic E-state index is -0.675. The molecule has 5 nitrogen and oxygen atoms in total. The first-order chi connectivity index (χ1) is 11.5. The van der Waals surface area contributed by atoms with Crippen molar-refractivity contribution in [3.05, 3.63) is 54.1 Å². The largest absolute Gasteiger partial charge is 0.347 e. The molecule has 0 radical (unpaired) electrons. The molecule has 1 unspecified atom stereocenters. The van der Waals surface area contributed by atoms with Gasteiger partial charge in [-0.3, -0.25) is 14.4 Å². The van der Waals surface area contributed by atoms with Crippen LogP contribution < -0.4 is 0 Å². The first-order valence-electron chi connectivity index (χ1n) is 8.20. The second kappa shape index (κ2) is 6.73. The molecule has 0 aliphatic carbocycles. The lowest BCUT2D eigenvalue weighted by Crippen LogP contribution is -2.58. The molecule has 3 rings (SSSR count). The van der Waals surface area contributed by atoms with Crippen molar-refractivity contribution in [2.75, 3.05) is 27.2 Å². The highest BCUT2D eigenvalue weighted by Gasteiger charge is 2.45. The van der Waals surface area contributed by atoms with Crippen LogP contribution in [0.4, 0.5) is 4.39 Å². The predicted octanol–water partition coefficient (Wildman–Crippen LogP) is 2.10. The molecule has 6 heteroatoms. The summed E-state index contributed by atoms with van der Waals surface area (Å²) in [6, 6.07) is 8.40. The van der Waals surface area contributed by atoms with E-state index in [1.165, 1.54) is 12.1 Å². The van der Waals surface area contributed by atoms with Gasteiger partial charge in [-0.15, -0.1) is 0 Å². The summed E-state index contributed by atoms with van der Waals surface area (Å²) < 4.78 is 14.9. The van der Waals surface area contributed by atoms with Crippen LogP contribution in [0.5, 0.6) is 0 Å². The number of likely N-dealkylation sites (N-methyl/N-ethyl adjacent to an activating group) is 1. The van der Waals surface area contributed by atoms with Gasteiger partial charge in [-0.2, -0.15) is 5.10 Å². The van der Waals surface area contributed by atoms with E-state index in [1.807, 2.05) is 12.3 Å². The molecule has 0 N–H and O–H groups in total. The maximum Gasteiger partial charge on any atom is 0.251 e. The molecule has 0 saturated carbocycles. The van der Waals surface area contributed by atoms with Crippen LogP contribution in [0.15, 0.2) is 42.7 Å². The predicted molar refractivity (Wildman–Crippen MR) is 89.8 cm³/mol. The summed E-state index contributed by atoms with van der Waals surface area (Å²) in [5.41, 5.74) is 0.371. The van der Waals surface area contributed by atoms with E-state index < -0.39 is 5.54 Å². The number of piperidine rings is 1. The molecule has 1 aromatic carbocycles. The fourth-order valence-corrected chi connectivity index (χ4v) is 3.50. The molecule has 1 aromatic heterocycles. The second-order valence-electron chi connectivity index (χ2n) is 6.62. The molecule has 24 heavy (non-hydrogen) atoms. The van der Waals surface area contributed by atoms with Crippen LogP contribution in [0.3, 0.4) is 0 Å². The van der Waals surface area contributed by atoms with Gasteiger partial charge in [-0.25, -0.2) is 4.39 Å². The van der Waals surface area contributed by atoms with E-state index in [-0.39, 0.29) is 11.7 Å². The Morgan fingerprint density at radius 1 is 1.33 bits per heavy atom. The molecule has 1 saturated heterocycles. The van der Waals surface area contributed by atoms with Gasteiger partial charge in [0, 0.05) is 39.6 Å². The number of hydrogen-bond donors (Lipinski definition) is 0. The fourth-order valence-electron chi connectivity index (χ4n) is 3.50. The number of rotatable bonds is 4. The van der Waals surface area contributed by atoms with E-state index in [1.54, 1.807) is 42.0 Å². The quantitative estimate of drug-likeness (QED) is 0.862. The van der Waals surface area contributed by atoms with E-state index >= 15 is 0 Å². The van der Waals surface area contributed by atoms with Crippen LogP contribution in [0.25, 0.3) is 0 Å². The Hall–Kier alpha value is -2.21. The van der Waals surface area contributed by atoms with Crippen molar-refractivity contribution in [1.82, 2.24) is 19.6 Å². The summed E-state index contributed by atoms with van der Waals surface area (Å²) in [7, 11) is 3.57. The molecule has 1 fully saturated rings. The zero-order valence-electron chi connectivity index (χ0n) is 14.2. The lowest BCUT2D eigenvalue weighted by molar-refractivity contribution is -0.142. The van der Waals surface area contributed by atoms with Gasteiger partial charge in [0.05, 0.1) is 0 Å². The smallest absolute Gasteiger partial charge is 0.251 e. The van der Waals surface area contributed by atoms with Gasteiger partial charge >= 0.3 is 0 Å². The third-order valence-corrected chi connectivity index (χ3v) is 4.62. The lowest BCUT2D eigenvalue weighted by atomic mass is 9.87. The Morgan fingerprint density at radius 2 is 2.08 bits per heavy atom. The number of halogens is 1. The molecular weight excluding hydrogens is 307 g/mol. The van der Waals surface area contributed by atoms with Crippen molar-refractivity contribution in [2.45, 2.75) is 24.9 Å². The van der Waals surface area contributed by atoms with Crippen molar-refractivity contribution in [3.63, 3.8) is 0 Å². The van der Waals surface area contributed by atoms with Crippen molar-refractivity contribution < 1.29 is 9.18 Å². The molecule has 2 heterocycles. The number of likely N-dealkylation sites (tertiary alicyclic amines) is 1. The Labute approximate surface area is 141 Å². The van der Waals surface area contributed by atoms with Gasteiger partial charge in [-0.05, 0) is 43.1 Å². The zero-order chi connectivity index (χ0) is 17.2. The molecule has 1 aliphatic rings. The first kappa shape index (κ1) is 16.6. The number of aromatic nitrogens is 2. The van der Waals surface area contributed by atoms with Crippen LogP contribution in [0.1, 0.15) is 18.4 Å². The minimum absolute atomic E-state index is 0.0648. The normalized spacial score (nSPS) is 21.6. The van der Waals surface area contributed by atoms with Gasteiger partial charge < -0.3 is 4.90 Å². The number of nitrogens with zero attached hydrogens (tertiary/aromatic N) is 4. The van der Waals surface area contributed by atoms with Gasteiger partial charge in [0.15, 0.2) is 5.54 Å². The number of benzene rings is 1. The van der Waals surface area contributed by atoms with Crippen molar-refractivity contribution >= 4 is 5.91 Å². The summed E-state index contributed by atoms with van der Waals surface area (Å²) in [6.45, 7) is 2.22. The number of carbonyl (C=O) groups excluding carboxylic acids is 1. The summed E-state index contributed by atoms with van der Waals surface area (Å²) in [5.74, 6) is -0.166. The average Bonchev–Trinajstić information content (AvgIpc) is 3.11. The van der Waals surface area contributed by atoms with E-state index in [2.05, 4.69) is 10.00 Å². The van der Waals surface area contributed by atoms with Crippen LogP contribution in [0.2, 0.25) is 0 Å². The standard InChI is InChI=1S/C18H23FN4O/c1-21(2)17(24)18(23-12-4-10-20-23)9-3-11-22(14-18)13-15-5-7-16(19)8-6-15/h4-8,10,12H,3,9,11,13-14H2,1-2H3. The first-order valence-corrected chi connectivity index (χ1v) is 8.20. The maximum atomic E-state index is 13.1. The highest BCUT2D eigenvalue weighted by atomic mass is 19.1. The number of hydrogen-bond acceptors (Lipinski definition) is 3. The average molecular weight is 330 g/mol. The third kappa shape index (κ3) is 3.19. The summed E-state index contributed by atoms with van der Waals surface area (Å²) in [6.07, 6.45) is 5.26. The van der Waals surface area contributed by atoms with Crippen molar-refractivity contribution in [1.29, 1.82) is 0 Å². The molecule has 1 atom stereocenters. The van der Waals surface area contributed by atoms with E-state index in [0.29, 0.717) is 13.1 Å². The minimum Gasteiger partial charge on any atom is -0.347 e. The highest BCUT2D eigenvalue weighted by Crippen LogP contribution is 2.31. The monoisotopic (exact) mass is 330 g/mol. The van der Waals surface area contributed by atoms with Crippen molar-refractivity contribution in [3.8, 4) is 0 Å². The highest BCUT2D eigenvalue weighted by molar-refractivity contribution is 5.84. The zero-order valence-corrected chi connectivity index (χ0v) is 14.2. The Morgan fingerprint density at radius 3 is 2.71 bits per heavy atom. The van der Waals surface area contributed by atoms with Gasteiger partial charge in [0.1, 0.15) is 5.82 Å². The van der Waals surface area contributed by atoms with E-state index in [0.717, 1.165) is 24.9 Å². The molecule has 128 valence electrons. The Balaban J connectivity index is 1.85. The molecular formula is C18H23FN4O. The summed E-state index contributed by atoms with van der Waals surface area (Å²) >= 11 is 0. The molecule has 2 aromatic rings. The number of carbonyl (C=O) groups is 1. The van der Waals surface area contributed by atoms with Gasteiger partial charge in [0.25, 0.3) is 5.91 Å². The van der Waals surface area contributed by atoms with Crippen LogP contribution in [-0.2, 0) is 16.9 Å². The molecule has 0 bridgehead atoms. The van der Waals surface area contributed by atoms with E-state index in [9.17, 15) is 9.18 Å². The Kier molecular flexibility index (Phi) is 4.66. The summed E-state index contributed by atoms with van der Waals surface area (Å²) in [5, 5.41) is 4.36. The second-order valence-corrected chi connectivity index (χ2v) is 6.62. The van der Waals surface area contributed by atoms with Gasteiger partial charge in [0.2, 0.25) is 0 Å². The number of amides is 1. The van der Waals surface area contributed by atoms with Crippen LogP contribution >= 0.6 is 0 Å². The van der Waals surface area contributed by atoms with Crippen molar-refractivity contribution in [2.24, 2.45) is 0 Å². The third-order valence-electron chi connectivity index (χ3n) is 4.62. The summed E-state index contributed by atoms with van der Waals surface area (Å²) in [4.78, 5) is 16.8. The lowest BCUT2D eigenvalue weighted by Gasteiger charge is -2.43. The molecule has 0 spiro atoms. The maximum absolute atomic E-state index is 13.1. The van der Waals surface area contributed by atoms with E-state index in [4.69, 9.17) is 0 Å². The van der Waals surface area contributed by atoms with Crippen LogP contribution in [0, 0.1) is 5.82 Å². The Bertz CT molecular complexity index is 684. The van der Waals surface area contributed by atoms with Crippen LogP contribution in [-0.4, -0.2) is 52.7 Å². The van der Waals surface area contributed by atoms with Gasteiger partial charge in [-0.1, -0.05) is 12.1 Å².